The van der Waals surface area contributed by atoms with Crippen molar-refractivity contribution >= 4 is 29.2 Å². The molecule has 1 unspecified atom stereocenters. The number of benzene rings is 1. The molecule has 2 aromatic rings. The molecule has 0 saturated heterocycles. The molecule has 0 aliphatic heterocycles. The smallest absolute Gasteiger partial charge is 0.337 e. The van der Waals surface area contributed by atoms with Crippen molar-refractivity contribution in [3.8, 4) is 0 Å². The number of methoxy groups -OCH3 is 2. The molecular formula is C17H17NO5S. The first-order valence-corrected chi connectivity index (χ1v) is 8.02. The Hall–Kier alpha value is -2.67. The number of nitrogens with one attached hydrogen (secondary N) is 1. The fourth-order valence-electron chi connectivity index (χ4n) is 2.11. The zero-order valence-electron chi connectivity index (χ0n) is 13.3. The number of hydrogen-bond donors (Lipinski definition) is 1. The molecule has 6 nitrogen and oxygen atoms in total. The summed E-state index contributed by atoms with van der Waals surface area (Å²) in [7, 11) is 2.58. The van der Waals surface area contributed by atoms with Gasteiger partial charge < -0.3 is 14.8 Å². The number of carbonyl (C=O) groups is 3. The van der Waals surface area contributed by atoms with E-state index in [2.05, 4.69) is 14.8 Å². The minimum absolute atomic E-state index is 0.0272. The van der Waals surface area contributed by atoms with E-state index in [1.807, 2.05) is 17.5 Å². The van der Waals surface area contributed by atoms with Gasteiger partial charge in [0.2, 0.25) is 0 Å². The van der Waals surface area contributed by atoms with E-state index >= 15 is 0 Å². The molecule has 1 aromatic heterocycles. The molecule has 1 amide bonds. The van der Waals surface area contributed by atoms with Gasteiger partial charge in [0.15, 0.2) is 0 Å². The third-order valence-electron chi connectivity index (χ3n) is 3.34. The van der Waals surface area contributed by atoms with Gasteiger partial charge in [0.1, 0.15) is 0 Å². The summed E-state index contributed by atoms with van der Waals surface area (Å²) in [4.78, 5) is 36.5. The van der Waals surface area contributed by atoms with Crippen LogP contribution in [0, 0.1) is 0 Å². The normalized spacial score (nSPS) is 11.4. The first-order valence-electron chi connectivity index (χ1n) is 7.14. The topological polar surface area (TPSA) is 81.7 Å². The quantitative estimate of drug-likeness (QED) is 0.812. The molecule has 0 spiro atoms. The molecule has 0 bridgehead atoms. The maximum atomic E-state index is 12.5. The Bertz CT molecular complexity index is 726. The van der Waals surface area contributed by atoms with E-state index in [0.717, 1.165) is 4.88 Å². The summed E-state index contributed by atoms with van der Waals surface area (Å²) in [5.74, 6) is -1.32. The molecular weight excluding hydrogens is 330 g/mol. The molecule has 7 heteroatoms. The van der Waals surface area contributed by atoms with Crippen molar-refractivity contribution in [2.24, 2.45) is 0 Å². The summed E-state index contributed by atoms with van der Waals surface area (Å²) in [6.45, 7) is 0. The number of rotatable bonds is 6. The second-order valence-corrected chi connectivity index (χ2v) is 5.87. The molecule has 2 rings (SSSR count). The van der Waals surface area contributed by atoms with E-state index in [0.29, 0.717) is 5.56 Å². The summed E-state index contributed by atoms with van der Waals surface area (Å²) >= 11 is 1.44. The first-order chi connectivity index (χ1) is 11.5. The van der Waals surface area contributed by atoms with Crippen LogP contribution in [-0.2, 0) is 14.3 Å². The molecule has 0 saturated carbocycles. The predicted molar refractivity (Wildman–Crippen MR) is 88.9 cm³/mol. The predicted octanol–water partition coefficient (Wildman–Crippen LogP) is 2.57. The van der Waals surface area contributed by atoms with Gasteiger partial charge in [-0.25, -0.2) is 4.79 Å². The summed E-state index contributed by atoms with van der Waals surface area (Å²) in [5.41, 5.74) is 0.593. The van der Waals surface area contributed by atoms with Gasteiger partial charge in [0.05, 0.1) is 32.2 Å². The number of hydrogen-bond acceptors (Lipinski definition) is 6. The Balaban J connectivity index is 2.18. The van der Waals surface area contributed by atoms with Crippen LogP contribution in [0.25, 0.3) is 0 Å². The van der Waals surface area contributed by atoms with E-state index < -0.39 is 18.0 Å². The van der Waals surface area contributed by atoms with Crippen molar-refractivity contribution in [1.29, 1.82) is 0 Å². The van der Waals surface area contributed by atoms with E-state index in [9.17, 15) is 14.4 Å². The minimum Gasteiger partial charge on any atom is -0.469 e. The molecule has 1 aromatic carbocycles. The summed E-state index contributed by atoms with van der Waals surface area (Å²) in [6.07, 6.45) is 0.0272. The lowest BCUT2D eigenvalue weighted by Gasteiger charge is -2.16. The Morgan fingerprint density at radius 2 is 1.83 bits per heavy atom. The lowest BCUT2D eigenvalue weighted by Crippen LogP contribution is -2.30. The van der Waals surface area contributed by atoms with Crippen molar-refractivity contribution in [1.82, 2.24) is 5.32 Å². The Kier molecular flexibility index (Phi) is 6.08. The van der Waals surface area contributed by atoms with Gasteiger partial charge in [-0.2, -0.15) is 0 Å². The molecule has 126 valence electrons. The second-order valence-electron chi connectivity index (χ2n) is 4.89. The van der Waals surface area contributed by atoms with Crippen LogP contribution in [0.2, 0.25) is 0 Å². The molecule has 0 aliphatic rings. The first kappa shape index (κ1) is 17.7. The van der Waals surface area contributed by atoms with Gasteiger partial charge >= 0.3 is 11.9 Å². The average molecular weight is 347 g/mol. The molecule has 1 heterocycles. The third kappa shape index (κ3) is 4.42. The summed E-state index contributed by atoms with van der Waals surface area (Å²) in [6, 6.07) is 9.38. The lowest BCUT2D eigenvalue weighted by molar-refractivity contribution is -0.141. The number of thiophene rings is 1. The fourth-order valence-corrected chi connectivity index (χ4v) is 2.89. The maximum absolute atomic E-state index is 12.5. The Labute approximate surface area is 143 Å². The lowest BCUT2D eigenvalue weighted by atomic mass is 10.1. The van der Waals surface area contributed by atoms with Crippen molar-refractivity contribution in [2.45, 2.75) is 12.5 Å². The van der Waals surface area contributed by atoms with Crippen LogP contribution in [-0.4, -0.2) is 32.1 Å². The molecule has 0 radical (unpaired) electrons. The fraction of sp³-hybridized carbons (Fsp3) is 0.235. The molecule has 0 fully saturated rings. The van der Waals surface area contributed by atoms with Gasteiger partial charge in [-0.05, 0) is 29.6 Å². The molecule has 1 N–H and O–H groups in total. The largest absolute Gasteiger partial charge is 0.469 e. The van der Waals surface area contributed by atoms with Crippen molar-refractivity contribution < 1.29 is 23.9 Å². The van der Waals surface area contributed by atoms with Crippen LogP contribution in [0.1, 0.15) is 38.1 Å². The highest BCUT2D eigenvalue weighted by Gasteiger charge is 2.21. The number of esters is 2. The van der Waals surface area contributed by atoms with Gasteiger partial charge in [-0.3, -0.25) is 9.59 Å². The molecule has 24 heavy (non-hydrogen) atoms. The van der Waals surface area contributed by atoms with Crippen LogP contribution in [0.3, 0.4) is 0 Å². The zero-order valence-corrected chi connectivity index (χ0v) is 14.1. The Morgan fingerprint density at radius 1 is 1.08 bits per heavy atom. The van der Waals surface area contributed by atoms with Crippen molar-refractivity contribution in [2.75, 3.05) is 14.2 Å². The van der Waals surface area contributed by atoms with Gasteiger partial charge in [-0.1, -0.05) is 12.1 Å². The molecule has 0 aliphatic carbocycles. The highest BCUT2D eigenvalue weighted by atomic mass is 32.1. The van der Waals surface area contributed by atoms with E-state index in [4.69, 9.17) is 0 Å². The van der Waals surface area contributed by atoms with E-state index in [1.165, 1.54) is 31.6 Å². The van der Waals surface area contributed by atoms with Gasteiger partial charge in [-0.15, -0.1) is 11.3 Å². The van der Waals surface area contributed by atoms with Crippen LogP contribution in [0.4, 0.5) is 0 Å². The van der Waals surface area contributed by atoms with Crippen LogP contribution >= 0.6 is 11.3 Å². The molecule has 1 atom stereocenters. The minimum atomic E-state index is -0.519. The van der Waals surface area contributed by atoms with Crippen LogP contribution in [0.5, 0.6) is 0 Å². The number of amides is 1. The maximum Gasteiger partial charge on any atom is 0.337 e. The number of ether oxygens (including phenoxy) is 2. The van der Waals surface area contributed by atoms with E-state index in [-0.39, 0.29) is 17.9 Å². The number of carbonyl (C=O) groups excluding carboxylic acids is 3. The van der Waals surface area contributed by atoms with Gasteiger partial charge in [0, 0.05) is 10.4 Å². The SMILES string of the molecule is COC(=O)CC(NC(=O)c1cccc(C(=O)OC)c1)c1cccs1. The second kappa shape index (κ2) is 8.26. The van der Waals surface area contributed by atoms with Crippen molar-refractivity contribution in [3.63, 3.8) is 0 Å². The summed E-state index contributed by atoms with van der Waals surface area (Å²) < 4.78 is 9.33. The highest BCUT2D eigenvalue weighted by molar-refractivity contribution is 7.10. The van der Waals surface area contributed by atoms with Crippen molar-refractivity contribution in [3.05, 3.63) is 57.8 Å². The Morgan fingerprint density at radius 3 is 2.46 bits per heavy atom. The van der Waals surface area contributed by atoms with Gasteiger partial charge in [0.25, 0.3) is 5.91 Å². The third-order valence-corrected chi connectivity index (χ3v) is 4.32. The highest BCUT2D eigenvalue weighted by Crippen LogP contribution is 2.23. The monoisotopic (exact) mass is 347 g/mol. The van der Waals surface area contributed by atoms with Crippen LogP contribution < -0.4 is 5.32 Å². The summed E-state index contributed by atoms with van der Waals surface area (Å²) in [5, 5.41) is 4.67. The zero-order chi connectivity index (χ0) is 17.5. The standard InChI is InChI=1S/C17H17NO5S/c1-22-15(19)10-13(14-7-4-8-24-14)18-16(20)11-5-3-6-12(9-11)17(21)23-2/h3-9,13H,10H2,1-2H3,(H,18,20). The van der Waals surface area contributed by atoms with Crippen LogP contribution in [0.15, 0.2) is 41.8 Å². The van der Waals surface area contributed by atoms with E-state index in [1.54, 1.807) is 18.2 Å². The average Bonchev–Trinajstić information content (AvgIpc) is 3.14.